The van der Waals surface area contributed by atoms with Crippen LogP contribution in [0.1, 0.15) is 24.2 Å². The van der Waals surface area contributed by atoms with Crippen LogP contribution >= 0.6 is 34.8 Å². The molecule has 2 aromatic rings. The van der Waals surface area contributed by atoms with Crippen molar-refractivity contribution in [1.29, 1.82) is 0 Å². The number of rotatable bonds is 4. The Hall–Kier alpha value is -0.870. The number of benzene rings is 1. The van der Waals surface area contributed by atoms with Crippen LogP contribution in [0.5, 0.6) is 0 Å². The first-order chi connectivity index (χ1) is 9.52. The number of hydrogen-bond donors (Lipinski definition) is 1. The van der Waals surface area contributed by atoms with Crippen LogP contribution in [0.25, 0.3) is 0 Å². The van der Waals surface area contributed by atoms with E-state index in [-0.39, 0.29) is 0 Å². The maximum atomic E-state index is 14.1. The van der Waals surface area contributed by atoms with Gasteiger partial charge < -0.3 is 5.32 Å². The van der Waals surface area contributed by atoms with Crippen molar-refractivity contribution in [3.05, 3.63) is 62.6 Å². The van der Waals surface area contributed by atoms with Crippen LogP contribution in [0, 0.1) is 5.82 Å². The molecule has 1 unspecified atom stereocenters. The lowest BCUT2D eigenvalue weighted by atomic mass is 10.0. The van der Waals surface area contributed by atoms with Gasteiger partial charge >= 0.3 is 0 Å². The summed E-state index contributed by atoms with van der Waals surface area (Å²) in [6.45, 7) is 2.55. The molecule has 0 saturated heterocycles. The smallest absolute Gasteiger partial charge is 0.129 e. The Morgan fingerprint density at radius 1 is 1.20 bits per heavy atom. The van der Waals surface area contributed by atoms with E-state index in [9.17, 15) is 4.39 Å². The normalized spacial score (nSPS) is 12.4. The zero-order valence-electron chi connectivity index (χ0n) is 10.6. The third-order valence-corrected chi connectivity index (χ3v) is 3.54. The Morgan fingerprint density at radius 2 is 1.95 bits per heavy atom. The molecule has 0 bridgehead atoms. The molecule has 1 atom stereocenters. The molecule has 0 aliphatic rings. The van der Waals surface area contributed by atoms with Gasteiger partial charge in [0.1, 0.15) is 5.82 Å². The average molecular weight is 334 g/mol. The highest BCUT2D eigenvalue weighted by Gasteiger charge is 2.21. The van der Waals surface area contributed by atoms with Gasteiger partial charge in [0, 0.05) is 16.8 Å². The van der Waals surface area contributed by atoms with Crippen LogP contribution in [0.2, 0.25) is 15.1 Å². The fourth-order valence-electron chi connectivity index (χ4n) is 1.93. The average Bonchev–Trinajstić information content (AvgIpc) is 2.37. The SMILES string of the molecule is CCNC(c1ccc(Cl)cc1F)c1ncc(Cl)cc1Cl. The van der Waals surface area contributed by atoms with Gasteiger partial charge in [-0.05, 0) is 24.7 Å². The molecule has 0 radical (unpaired) electrons. The van der Waals surface area contributed by atoms with Crippen LogP contribution in [-0.4, -0.2) is 11.5 Å². The summed E-state index contributed by atoms with van der Waals surface area (Å²) in [4.78, 5) is 4.21. The molecule has 0 amide bonds. The standard InChI is InChI=1S/C14H12Cl3FN2/c1-2-19-13(10-4-3-8(15)6-12(10)18)14-11(17)5-9(16)7-20-14/h3-7,13,19H,2H2,1H3. The molecule has 6 heteroatoms. The maximum Gasteiger partial charge on any atom is 0.129 e. The molecule has 0 aliphatic carbocycles. The van der Waals surface area contributed by atoms with Crippen molar-refractivity contribution in [3.8, 4) is 0 Å². The van der Waals surface area contributed by atoms with Crippen molar-refractivity contribution < 1.29 is 4.39 Å². The number of nitrogens with zero attached hydrogens (tertiary/aromatic N) is 1. The van der Waals surface area contributed by atoms with Crippen LogP contribution in [0.3, 0.4) is 0 Å². The van der Waals surface area contributed by atoms with Gasteiger partial charge in [0.25, 0.3) is 0 Å². The summed E-state index contributed by atoms with van der Waals surface area (Å²) in [5.41, 5.74) is 0.965. The van der Waals surface area contributed by atoms with Crippen molar-refractivity contribution in [2.75, 3.05) is 6.54 Å². The van der Waals surface area contributed by atoms with E-state index in [0.717, 1.165) is 0 Å². The fraction of sp³-hybridized carbons (Fsp3) is 0.214. The summed E-state index contributed by atoms with van der Waals surface area (Å²) in [6, 6.07) is 5.66. The lowest BCUT2D eigenvalue weighted by Crippen LogP contribution is -2.24. The van der Waals surface area contributed by atoms with Crippen molar-refractivity contribution in [2.45, 2.75) is 13.0 Å². The molecular weight excluding hydrogens is 322 g/mol. The number of hydrogen-bond acceptors (Lipinski definition) is 2. The zero-order valence-corrected chi connectivity index (χ0v) is 12.9. The van der Waals surface area contributed by atoms with Crippen molar-refractivity contribution in [1.82, 2.24) is 10.3 Å². The van der Waals surface area contributed by atoms with E-state index in [0.29, 0.717) is 32.9 Å². The lowest BCUT2D eigenvalue weighted by Gasteiger charge is -2.19. The Morgan fingerprint density at radius 3 is 2.55 bits per heavy atom. The van der Waals surface area contributed by atoms with Crippen LogP contribution in [-0.2, 0) is 0 Å². The summed E-state index contributed by atoms with van der Waals surface area (Å²) >= 11 is 17.8. The van der Waals surface area contributed by atoms with Gasteiger partial charge in [-0.1, -0.05) is 47.8 Å². The van der Waals surface area contributed by atoms with E-state index < -0.39 is 11.9 Å². The molecule has 1 aromatic heterocycles. The summed E-state index contributed by atoms with van der Waals surface area (Å²) in [5.74, 6) is -0.406. The minimum absolute atomic E-state index is 0.344. The fourth-order valence-corrected chi connectivity index (χ4v) is 2.58. The topological polar surface area (TPSA) is 24.9 Å². The van der Waals surface area contributed by atoms with E-state index in [1.54, 1.807) is 18.2 Å². The quantitative estimate of drug-likeness (QED) is 0.862. The Balaban J connectivity index is 2.50. The first kappa shape index (κ1) is 15.5. The third kappa shape index (κ3) is 3.41. The van der Waals surface area contributed by atoms with Crippen molar-refractivity contribution >= 4 is 34.8 Å². The van der Waals surface area contributed by atoms with Gasteiger partial charge in [-0.15, -0.1) is 0 Å². The minimum Gasteiger partial charge on any atom is -0.305 e. The molecule has 1 N–H and O–H groups in total. The van der Waals surface area contributed by atoms with E-state index in [4.69, 9.17) is 34.8 Å². The summed E-state index contributed by atoms with van der Waals surface area (Å²) in [6.07, 6.45) is 1.49. The van der Waals surface area contributed by atoms with Gasteiger partial charge in [-0.2, -0.15) is 0 Å². The van der Waals surface area contributed by atoms with Crippen LogP contribution in [0.15, 0.2) is 30.5 Å². The first-order valence-electron chi connectivity index (χ1n) is 6.02. The second-order valence-corrected chi connectivity index (χ2v) is 5.46. The highest BCUT2D eigenvalue weighted by Crippen LogP contribution is 2.30. The predicted octanol–water partition coefficient (Wildman–Crippen LogP) is 4.88. The van der Waals surface area contributed by atoms with Gasteiger partial charge in [0.15, 0.2) is 0 Å². The van der Waals surface area contributed by atoms with Crippen molar-refractivity contribution in [2.24, 2.45) is 0 Å². The van der Waals surface area contributed by atoms with Crippen LogP contribution < -0.4 is 5.32 Å². The van der Waals surface area contributed by atoms with E-state index in [1.807, 2.05) is 6.92 Å². The second kappa shape index (κ2) is 6.72. The van der Waals surface area contributed by atoms with Gasteiger partial charge in [-0.25, -0.2) is 4.39 Å². The Labute approximate surface area is 131 Å². The van der Waals surface area contributed by atoms with Gasteiger partial charge in [0.2, 0.25) is 0 Å². The third-order valence-electron chi connectivity index (χ3n) is 2.79. The number of pyridine rings is 1. The zero-order chi connectivity index (χ0) is 14.7. The van der Waals surface area contributed by atoms with Crippen LogP contribution in [0.4, 0.5) is 4.39 Å². The van der Waals surface area contributed by atoms with Gasteiger partial charge in [0.05, 0.1) is 21.8 Å². The largest absolute Gasteiger partial charge is 0.305 e. The molecule has 106 valence electrons. The lowest BCUT2D eigenvalue weighted by molar-refractivity contribution is 0.552. The molecule has 2 rings (SSSR count). The van der Waals surface area contributed by atoms with Gasteiger partial charge in [-0.3, -0.25) is 4.98 Å². The molecule has 0 saturated carbocycles. The van der Waals surface area contributed by atoms with E-state index in [1.165, 1.54) is 12.3 Å². The number of nitrogens with one attached hydrogen (secondary N) is 1. The summed E-state index contributed by atoms with van der Waals surface area (Å²) in [5, 5.41) is 4.33. The molecular formula is C14H12Cl3FN2. The second-order valence-electron chi connectivity index (χ2n) is 4.18. The maximum absolute atomic E-state index is 14.1. The Bertz CT molecular complexity index is 568. The molecule has 0 spiro atoms. The highest BCUT2D eigenvalue weighted by molar-refractivity contribution is 6.34. The summed E-state index contributed by atoms with van der Waals surface area (Å²) < 4.78 is 14.1. The molecule has 20 heavy (non-hydrogen) atoms. The minimum atomic E-state index is -0.456. The van der Waals surface area contributed by atoms with Crippen molar-refractivity contribution in [3.63, 3.8) is 0 Å². The molecule has 0 fully saturated rings. The molecule has 1 heterocycles. The van der Waals surface area contributed by atoms with E-state index >= 15 is 0 Å². The predicted molar refractivity (Wildman–Crippen MR) is 81.2 cm³/mol. The highest BCUT2D eigenvalue weighted by atomic mass is 35.5. The first-order valence-corrected chi connectivity index (χ1v) is 7.15. The molecule has 2 nitrogen and oxygen atoms in total. The number of aromatic nitrogens is 1. The summed E-state index contributed by atoms with van der Waals surface area (Å²) in [7, 11) is 0. The van der Waals surface area contributed by atoms with E-state index in [2.05, 4.69) is 10.3 Å². The molecule has 0 aliphatic heterocycles. The molecule has 1 aromatic carbocycles. The monoisotopic (exact) mass is 332 g/mol. The Kier molecular flexibility index (Phi) is 5.22. The number of halogens is 4.